The first-order valence-corrected chi connectivity index (χ1v) is 9.07. The minimum Gasteiger partial charge on any atom is -0.486 e. The van der Waals surface area contributed by atoms with Crippen LogP contribution in [0, 0.1) is 0 Å². The fourth-order valence-electron chi connectivity index (χ4n) is 2.75. The Labute approximate surface area is 165 Å². The van der Waals surface area contributed by atoms with Crippen molar-refractivity contribution in [1.82, 2.24) is 15.1 Å². The molecule has 0 unspecified atom stereocenters. The number of fused-ring (bicyclic) bond motifs is 1. The van der Waals surface area contributed by atoms with E-state index in [1.54, 1.807) is 19.1 Å². The number of hydrogen-bond acceptors (Lipinski definition) is 7. The molecule has 2 N–H and O–H groups in total. The number of ether oxygens (including phenoxy) is 3. The van der Waals surface area contributed by atoms with Gasteiger partial charge in [-0.15, -0.1) is 0 Å². The number of nitrogens with zero attached hydrogens (tertiary/aromatic N) is 1. The Balaban J connectivity index is 1.45. The third-order valence-corrected chi connectivity index (χ3v) is 4.24. The third kappa shape index (κ3) is 5.47. The number of aromatic amines is 1. The van der Waals surface area contributed by atoms with Crippen molar-refractivity contribution in [1.29, 1.82) is 0 Å². The average Bonchev–Trinajstić information content (AvgIpc) is 2.72. The quantitative estimate of drug-likeness (QED) is 0.628. The highest BCUT2D eigenvalue weighted by Gasteiger charge is 2.16. The first-order valence-electron chi connectivity index (χ1n) is 9.07. The van der Waals surface area contributed by atoms with Gasteiger partial charge < -0.3 is 19.5 Å². The number of amides is 1. The van der Waals surface area contributed by atoms with Crippen LogP contribution in [0.2, 0.25) is 0 Å². The van der Waals surface area contributed by atoms with Crippen molar-refractivity contribution in [2.75, 3.05) is 19.8 Å². The minimum absolute atomic E-state index is 0.0526. The SMILES string of the molecule is C[C@@H](NC(=O)COC(=O)CCn1[nH]c(=O)ccc1=O)c1ccc2c(c1)OCCO2. The predicted octanol–water partition coefficient (Wildman–Crippen LogP) is 0.119. The minimum atomic E-state index is -0.663. The van der Waals surface area contributed by atoms with E-state index < -0.39 is 29.6 Å². The molecular weight excluding hydrogens is 382 g/mol. The third-order valence-electron chi connectivity index (χ3n) is 4.24. The molecular formula is C19H21N3O7. The van der Waals surface area contributed by atoms with Crippen LogP contribution in [0.3, 0.4) is 0 Å². The van der Waals surface area contributed by atoms with Gasteiger partial charge in [0.15, 0.2) is 18.1 Å². The fraction of sp³-hybridized carbons (Fsp3) is 0.368. The highest BCUT2D eigenvalue weighted by molar-refractivity contribution is 5.80. The molecule has 0 saturated carbocycles. The zero-order chi connectivity index (χ0) is 20.8. The summed E-state index contributed by atoms with van der Waals surface area (Å²) in [6.45, 7) is 2.26. The molecule has 1 aliphatic rings. The maximum absolute atomic E-state index is 12.0. The molecule has 2 heterocycles. The second-order valence-electron chi connectivity index (χ2n) is 6.40. The van der Waals surface area contributed by atoms with E-state index in [2.05, 4.69) is 10.4 Å². The summed E-state index contributed by atoms with van der Waals surface area (Å²) >= 11 is 0. The summed E-state index contributed by atoms with van der Waals surface area (Å²) in [6.07, 6.45) is -0.162. The number of carbonyl (C=O) groups excluding carboxylic acids is 2. The number of nitrogens with one attached hydrogen (secondary N) is 2. The van der Waals surface area contributed by atoms with Gasteiger partial charge in [-0.25, -0.2) is 4.68 Å². The Kier molecular flexibility index (Phi) is 6.32. The van der Waals surface area contributed by atoms with Crippen LogP contribution >= 0.6 is 0 Å². The summed E-state index contributed by atoms with van der Waals surface area (Å²) in [6, 6.07) is 7.28. The smallest absolute Gasteiger partial charge is 0.308 e. The lowest BCUT2D eigenvalue weighted by molar-refractivity contribution is -0.149. The zero-order valence-electron chi connectivity index (χ0n) is 15.8. The number of hydrogen-bond donors (Lipinski definition) is 2. The van der Waals surface area contributed by atoms with Gasteiger partial charge in [-0.3, -0.25) is 24.3 Å². The predicted molar refractivity (Wildman–Crippen MR) is 101 cm³/mol. The molecule has 1 amide bonds. The lowest BCUT2D eigenvalue weighted by Crippen LogP contribution is -2.32. The molecule has 154 valence electrons. The molecule has 1 aromatic carbocycles. The molecule has 0 spiro atoms. The van der Waals surface area contributed by atoms with E-state index >= 15 is 0 Å². The molecule has 0 fully saturated rings. The van der Waals surface area contributed by atoms with Gasteiger partial charge in [0.05, 0.1) is 19.0 Å². The maximum atomic E-state index is 12.0. The summed E-state index contributed by atoms with van der Waals surface area (Å²) in [5.41, 5.74) is -0.0739. The van der Waals surface area contributed by atoms with E-state index in [4.69, 9.17) is 14.2 Å². The molecule has 1 aliphatic heterocycles. The molecule has 10 heteroatoms. The number of aromatic nitrogens is 2. The van der Waals surface area contributed by atoms with Gasteiger partial charge in [-0.2, -0.15) is 0 Å². The van der Waals surface area contributed by atoms with Crippen molar-refractivity contribution in [2.24, 2.45) is 0 Å². The molecule has 0 saturated heterocycles. The number of esters is 1. The topological polar surface area (TPSA) is 129 Å². The van der Waals surface area contributed by atoms with Gasteiger partial charge in [-0.05, 0) is 24.6 Å². The summed E-state index contributed by atoms with van der Waals surface area (Å²) in [7, 11) is 0. The second kappa shape index (κ2) is 9.09. The molecule has 10 nitrogen and oxygen atoms in total. The number of aryl methyl sites for hydroxylation is 1. The van der Waals surface area contributed by atoms with Crippen molar-refractivity contribution in [3.8, 4) is 11.5 Å². The summed E-state index contributed by atoms with van der Waals surface area (Å²) in [4.78, 5) is 46.6. The summed E-state index contributed by atoms with van der Waals surface area (Å²) < 4.78 is 16.9. The van der Waals surface area contributed by atoms with Gasteiger partial charge in [0.2, 0.25) is 0 Å². The van der Waals surface area contributed by atoms with Gasteiger partial charge in [0.1, 0.15) is 13.2 Å². The molecule has 3 rings (SSSR count). The molecule has 0 aliphatic carbocycles. The van der Waals surface area contributed by atoms with E-state index in [0.717, 1.165) is 22.4 Å². The zero-order valence-corrected chi connectivity index (χ0v) is 15.8. The second-order valence-corrected chi connectivity index (χ2v) is 6.40. The van der Waals surface area contributed by atoms with Crippen molar-refractivity contribution >= 4 is 11.9 Å². The lowest BCUT2D eigenvalue weighted by Gasteiger charge is -2.21. The first-order chi connectivity index (χ1) is 13.9. The highest BCUT2D eigenvalue weighted by atomic mass is 16.6. The normalized spacial score (nSPS) is 13.4. The Morgan fingerprint density at radius 3 is 2.72 bits per heavy atom. The van der Waals surface area contributed by atoms with E-state index in [1.807, 2.05) is 6.07 Å². The molecule has 0 radical (unpaired) electrons. The van der Waals surface area contributed by atoms with Crippen LogP contribution in [0.25, 0.3) is 0 Å². The summed E-state index contributed by atoms with van der Waals surface area (Å²) in [5.74, 6) is 0.150. The van der Waals surface area contributed by atoms with Gasteiger partial charge in [-0.1, -0.05) is 6.07 Å². The van der Waals surface area contributed by atoms with Crippen LogP contribution < -0.4 is 25.9 Å². The summed E-state index contributed by atoms with van der Waals surface area (Å²) in [5, 5.41) is 5.04. The van der Waals surface area contributed by atoms with E-state index in [-0.39, 0.29) is 19.0 Å². The van der Waals surface area contributed by atoms with Crippen molar-refractivity contribution in [3.63, 3.8) is 0 Å². The number of carbonyl (C=O) groups is 2. The highest BCUT2D eigenvalue weighted by Crippen LogP contribution is 2.32. The van der Waals surface area contributed by atoms with Crippen LogP contribution in [0.15, 0.2) is 39.9 Å². The Morgan fingerprint density at radius 2 is 1.93 bits per heavy atom. The van der Waals surface area contributed by atoms with E-state index in [1.165, 1.54) is 0 Å². The Hall–Kier alpha value is -3.56. The Bertz CT molecular complexity index is 1010. The monoisotopic (exact) mass is 403 g/mol. The van der Waals surface area contributed by atoms with Crippen molar-refractivity contribution in [2.45, 2.75) is 25.9 Å². The van der Waals surface area contributed by atoms with E-state index in [9.17, 15) is 19.2 Å². The van der Waals surface area contributed by atoms with Crippen molar-refractivity contribution < 1.29 is 23.8 Å². The van der Waals surface area contributed by atoms with E-state index in [0.29, 0.717) is 24.7 Å². The number of rotatable bonds is 7. The first kappa shape index (κ1) is 20.2. The average molecular weight is 403 g/mol. The number of benzene rings is 1. The number of H-pyrrole nitrogens is 1. The molecule has 1 aromatic heterocycles. The van der Waals surface area contributed by atoms with Gasteiger partial charge in [0, 0.05) is 12.1 Å². The maximum Gasteiger partial charge on any atom is 0.308 e. The standard InChI is InChI=1S/C19H21N3O7/c1-12(13-2-3-14-15(10-13)28-9-8-27-14)20-17(24)11-29-19(26)6-7-22-18(25)5-4-16(23)21-22/h2-5,10,12H,6-9,11H2,1H3,(H,20,24)(H,21,23)/t12-/m1/s1. The molecule has 0 bridgehead atoms. The van der Waals surface area contributed by atoms with Crippen molar-refractivity contribution in [3.05, 3.63) is 56.6 Å². The van der Waals surface area contributed by atoms with Crippen LogP contribution in [0.1, 0.15) is 24.9 Å². The lowest BCUT2D eigenvalue weighted by atomic mass is 10.1. The van der Waals surface area contributed by atoms with Gasteiger partial charge in [0.25, 0.3) is 17.0 Å². The molecule has 2 aromatic rings. The van der Waals surface area contributed by atoms with Crippen LogP contribution in [-0.2, 0) is 20.9 Å². The van der Waals surface area contributed by atoms with Crippen LogP contribution in [0.4, 0.5) is 0 Å². The fourth-order valence-corrected chi connectivity index (χ4v) is 2.75. The largest absolute Gasteiger partial charge is 0.486 e. The van der Waals surface area contributed by atoms with Crippen LogP contribution in [-0.4, -0.2) is 41.5 Å². The molecule has 1 atom stereocenters. The van der Waals surface area contributed by atoms with Crippen LogP contribution in [0.5, 0.6) is 11.5 Å². The Morgan fingerprint density at radius 1 is 1.17 bits per heavy atom. The molecule has 29 heavy (non-hydrogen) atoms. The van der Waals surface area contributed by atoms with Gasteiger partial charge >= 0.3 is 5.97 Å².